The Bertz CT molecular complexity index is 1050. The van der Waals surface area contributed by atoms with E-state index in [0.29, 0.717) is 32.9 Å². The van der Waals surface area contributed by atoms with Gasteiger partial charge >= 0.3 is 5.91 Å². The smallest absolute Gasteiger partial charge is 0.303 e. The normalized spacial score (nSPS) is 16.4. The van der Waals surface area contributed by atoms with Crippen LogP contribution in [0.15, 0.2) is 42.5 Å². The highest BCUT2D eigenvalue weighted by Crippen LogP contribution is 2.40. The molecule has 2 aromatic carbocycles. The third kappa shape index (κ3) is 4.97. The van der Waals surface area contributed by atoms with Crippen molar-refractivity contribution in [1.29, 1.82) is 0 Å². The molecule has 1 fully saturated rings. The van der Waals surface area contributed by atoms with Gasteiger partial charge in [-0.3, -0.25) is 4.79 Å². The summed E-state index contributed by atoms with van der Waals surface area (Å²) in [5, 5.41) is 1.83. The lowest BCUT2D eigenvalue weighted by Gasteiger charge is -2.21. The molecule has 1 aromatic heterocycles. The van der Waals surface area contributed by atoms with E-state index in [1.54, 1.807) is 30.3 Å². The molecule has 0 aliphatic carbocycles. The summed E-state index contributed by atoms with van der Waals surface area (Å²) in [6.45, 7) is 0.623. The van der Waals surface area contributed by atoms with Crippen molar-refractivity contribution >= 4 is 52.0 Å². The molecule has 4 rings (SSSR count). The van der Waals surface area contributed by atoms with Crippen LogP contribution in [0.25, 0.3) is 21.7 Å². The molecular formula is C21H17Cl3N2O3S. The van der Waals surface area contributed by atoms with Crippen molar-refractivity contribution in [2.24, 2.45) is 0 Å². The molecule has 3 aromatic rings. The number of nitrogens with one attached hydrogen (secondary N) is 1. The van der Waals surface area contributed by atoms with Crippen molar-refractivity contribution < 1.29 is 14.4 Å². The second-order valence-electron chi connectivity index (χ2n) is 6.67. The van der Waals surface area contributed by atoms with Gasteiger partial charge in [-0.1, -0.05) is 46.9 Å². The number of nitrogens with zero attached hydrogens (tertiary/aromatic N) is 1. The summed E-state index contributed by atoms with van der Waals surface area (Å²) < 4.78 is 5.47. The van der Waals surface area contributed by atoms with E-state index in [0.717, 1.165) is 29.7 Å². The molecule has 1 aliphatic heterocycles. The highest BCUT2D eigenvalue weighted by Gasteiger charge is 2.22. The van der Waals surface area contributed by atoms with E-state index < -0.39 is 12.2 Å². The first kappa shape index (κ1) is 21.6. The fourth-order valence-corrected chi connectivity index (χ4v) is 4.64. The van der Waals surface area contributed by atoms with E-state index >= 15 is 0 Å². The number of rotatable bonds is 5. The van der Waals surface area contributed by atoms with Crippen LogP contribution in [0.5, 0.6) is 0 Å². The Morgan fingerprint density at radius 2 is 1.87 bits per heavy atom. The molecule has 1 atom stereocenters. The molecule has 2 heterocycles. The molecule has 0 saturated carbocycles. The summed E-state index contributed by atoms with van der Waals surface area (Å²) in [7, 11) is 0. The van der Waals surface area contributed by atoms with E-state index in [-0.39, 0.29) is 5.01 Å². The second-order valence-corrected chi connectivity index (χ2v) is 8.95. The molecule has 156 valence electrons. The first-order valence-electron chi connectivity index (χ1n) is 9.31. The minimum Gasteiger partial charge on any atom is -0.350 e. The third-order valence-electron chi connectivity index (χ3n) is 4.54. The van der Waals surface area contributed by atoms with E-state index in [1.807, 2.05) is 12.1 Å². The summed E-state index contributed by atoms with van der Waals surface area (Å²) >= 11 is 19.7. The lowest BCUT2D eigenvalue weighted by molar-refractivity contribution is -0.186. The largest absolute Gasteiger partial charge is 0.350 e. The Hall–Kier alpha value is -1.67. The van der Waals surface area contributed by atoms with Gasteiger partial charge in [-0.05, 0) is 48.7 Å². The molecule has 5 nitrogen and oxygen atoms in total. The minimum absolute atomic E-state index is 0.247. The highest BCUT2D eigenvalue weighted by molar-refractivity contribution is 7.17. The average Bonchev–Trinajstić information content (AvgIpc) is 3.18. The molecular weight excluding hydrogens is 467 g/mol. The van der Waals surface area contributed by atoms with Crippen LogP contribution < -0.4 is 5.48 Å². The van der Waals surface area contributed by atoms with Crippen molar-refractivity contribution in [3.8, 4) is 21.7 Å². The van der Waals surface area contributed by atoms with Crippen molar-refractivity contribution in [1.82, 2.24) is 10.5 Å². The number of halogens is 3. The van der Waals surface area contributed by atoms with Gasteiger partial charge in [0.1, 0.15) is 0 Å². The zero-order chi connectivity index (χ0) is 21.1. The molecule has 30 heavy (non-hydrogen) atoms. The maximum atomic E-state index is 12.7. The Labute approximate surface area is 192 Å². The van der Waals surface area contributed by atoms with Crippen molar-refractivity contribution in [3.05, 3.63) is 62.5 Å². The summed E-state index contributed by atoms with van der Waals surface area (Å²) in [5.41, 5.74) is 4.59. The van der Waals surface area contributed by atoms with Gasteiger partial charge in [0.25, 0.3) is 0 Å². The number of carbonyl (C=O) groups is 1. The summed E-state index contributed by atoms with van der Waals surface area (Å²) in [6, 6.07) is 12.5. The summed E-state index contributed by atoms with van der Waals surface area (Å²) in [5.74, 6) is -0.444. The quantitative estimate of drug-likeness (QED) is 0.414. The van der Waals surface area contributed by atoms with Gasteiger partial charge in [0, 0.05) is 28.6 Å². The number of hydrogen-bond acceptors (Lipinski definition) is 5. The number of carbonyl (C=O) groups excluding carboxylic acids is 1. The van der Waals surface area contributed by atoms with Crippen molar-refractivity contribution in [3.63, 3.8) is 0 Å². The van der Waals surface area contributed by atoms with Gasteiger partial charge in [0.15, 0.2) is 11.3 Å². The highest BCUT2D eigenvalue weighted by atomic mass is 35.5. The number of hydroxylamine groups is 1. The molecule has 1 amide bonds. The fourth-order valence-electron chi connectivity index (χ4n) is 3.05. The van der Waals surface area contributed by atoms with Crippen LogP contribution >= 0.6 is 46.1 Å². The Morgan fingerprint density at radius 1 is 1.10 bits per heavy atom. The van der Waals surface area contributed by atoms with E-state index in [2.05, 4.69) is 10.5 Å². The predicted octanol–water partition coefficient (Wildman–Crippen LogP) is 6.63. The van der Waals surface area contributed by atoms with Crippen LogP contribution in [0.1, 0.15) is 29.1 Å². The SMILES string of the molecule is O=C(NOC1CCCCO1)c1nc(-c2ccc(Cl)cc2Cl)c(-c2ccc(Cl)cc2)s1. The first-order valence-corrected chi connectivity index (χ1v) is 11.3. The lowest BCUT2D eigenvalue weighted by atomic mass is 10.1. The van der Waals surface area contributed by atoms with Crippen molar-refractivity contribution in [2.45, 2.75) is 25.6 Å². The van der Waals surface area contributed by atoms with Gasteiger partial charge in [-0.2, -0.15) is 0 Å². The predicted molar refractivity (Wildman–Crippen MR) is 120 cm³/mol. The Balaban J connectivity index is 1.66. The van der Waals surface area contributed by atoms with Gasteiger partial charge in [-0.25, -0.2) is 15.3 Å². The average molecular weight is 484 g/mol. The van der Waals surface area contributed by atoms with Gasteiger partial charge < -0.3 is 4.74 Å². The van der Waals surface area contributed by atoms with Gasteiger partial charge in [0.2, 0.25) is 0 Å². The fraction of sp³-hybridized carbons (Fsp3) is 0.238. The van der Waals surface area contributed by atoms with Crippen LogP contribution in [0.4, 0.5) is 0 Å². The zero-order valence-corrected chi connectivity index (χ0v) is 18.7. The van der Waals surface area contributed by atoms with Gasteiger partial charge in [0.05, 0.1) is 15.6 Å². The standard InChI is InChI=1S/C21H17Cl3N2O3S/c22-13-6-4-12(5-7-13)19-18(15-9-8-14(23)11-16(15)24)25-21(30-19)20(27)26-29-17-3-1-2-10-28-17/h4-9,11,17H,1-3,10H2,(H,26,27). The number of amides is 1. The molecule has 1 unspecified atom stereocenters. The zero-order valence-electron chi connectivity index (χ0n) is 15.7. The number of thiazole rings is 1. The number of benzene rings is 2. The number of hydrogen-bond donors (Lipinski definition) is 1. The summed E-state index contributed by atoms with van der Waals surface area (Å²) in [4.78, 5) is 23.4. The maximum Gasteiger partial charge on any atom is 0.303 e. The lowest BCUT2D eigenvalue weighted by Crippen LogP contribution is -2.33. The molecule has 1 aliphatic rings. The second kappa shape index (κ2) is 9.64. The third-order valence-corrected chi connectivity index (χ3v) is 6.44. The Morgan fingerprint density at radius 3 is 2.57 bits per heavy atom. The van der Waals surface area contributed by atoms with Crippen LogP contribution in [-0.2, 0) is 9.57 Å². The van der Waals surface area contributed by atoms with E-state index in [9.17, 15) is 4.79 Å². The molecule has 1 N–H and O–H groups in total. The first-order chi connectivity index (χ1) is 14.5. The molecule has 0 bridgehead atoms. The molecule has 9 heteroatoms. The molecule has 0 radical (unpaired) electrons. The Kier molecular flexibility index (Phi) is 6.93. The maximum absolute atomic E-state index is 12.7. The van der Waals surface area contributed by atoms with Crippen LogP contribution in [0.2, 0.25) is 15.1 Å². The van der Waals surface area contributed by atoms with E-state index in [4.69, 9.17) is 44.4 Å². The summed E-state index contributed by atoms with van der Waals surface area (Å²) in [6.07, 6.45) is 2.29. The van der Waals surface area contributed by atoms with E-state index in [1.165, 1.54) is 11.3 Å². The molecule has 1 saturated heterocycles. The van der Waals surface area contributed by atoms with Gasteiger partial charge in [-0.15, -0.1) is 11.3 Å². The minimum atomic E-state index is -0.444. The monoisotopic (exact) mass is 482 g/mol. The van der Waals surface area contributed by atoms with Crippen LogP contribution in [0, 0.1) is 0 Å². The number of aromatic nitrogens is 1. The van der Waals surface area contributed by atoms with Crippen LogP contribution in [-0.4, -0.2) is 23.8 Å². The molecule has 0 spiro atoms. The topological polar surface area (TPSA) is 60.5 Å². The van der Waals surface area contributed by atoms with Crippen molar-refractivity contribution in [2.75, 3.05) is 6.61 Å². The number of ether oxygens (including phenoxy) is 1. The van der Waals surface area contributed by atoms with Crippen LogP contribution in [0.3, 0.4) is 0 Å².